The monoisotopic (exact) mass is 300 g/mol. The van der Waals surface area contributed by atoms with Gasteiger partial charge in [0.05, 0.1) is 22.4 Å². The number of piperidine rings is 1. The van der Waals surface area contributed by atoms with Crippen molar-refractivity contribution >= 4 is 34.1 Å². The van der Waals surface area contributed by atoms with Crippen LogP contribution in [-0.2, 0) is 0 Å². The molecule has 0 radical (unpaired) electrons. The summed E-state index contributed by atoms with van der Waals surface area (Å²) < 4.78 is 0. The minimum atomic E-state index is 0.811. The van der Waals surface area contributed by atoms with E-state index in [0.29, 0.717) is 0 Å². The average Bonchev–Trinajstić information content (AvgIpc) is 2.49. The number of hydrogen-bond donors (Lipinski definition) is 1. The molecule has 1 aromatic heterocycles. The van der Waals surface area contributed by atoms with Crippen LogP contribution in [0.4, 0.5) is 5.69 Å². The van der Waals surface area contributed by atoms with Crippen LogP contribution in [0, 0.1) is 13.8 Å². The van der Waals surface area contributed by atoms with E-state index in [2.05, 4.69) is 20.2 Å². The molecule has 1 N–H and O–H groups in total. The molecule has 2 heterocycles. The van der Waals surface area contributed by atoms with E-state index in [-0.39, 0.29) is 0 Å². The Kier molecular flexibility index (Phi) is 4.01. The summed E-state index contributed by atoms with van der Waals surface area (Å²) in [6, 6.07) is 6.03. The summed E-state index contributed by atoms with van der Waals surface area (Å²) >= 11 is 5.50. The molecule has 5 heteroatoms. The number of nitrogens with zero attached hydrogens (tertiary/aromatic N) is 3. The molecule has 3 rings (SSSR count). The Morgan fingerprint density at radius 3 is 2.43 bits per heavy atom. The molecule has 1 aliphatic rings. The van der Waals surface area contributed by atoms with Crippen molar-refractivity contribution in [1.29, 1.82) is 0 Å². The molecule has 2 aromatic rings. The molecule has 0 aliphatic carbocycles. The van der Waals surface area contributed by atoms with Gasteiger partial charge in [0.25, 0.3) is 0 Å². The van der Waals surface area contributed by atoms with Crippen molar-refractivity contribution in [3.8, 4) is 0 Å². The third-order valence-electron chi connectivity index (χ3n) is 3.97. The van der Waals surface area contributed by atoms with E-state index in [4.69, 9.17) is 12.2 Å². The number of anilines is 1. The van der Waals surface area contributed by atoms with Gasteiger partial charge in [-0.3, -0.25) is 0 Å². The smallest absolute Gasteiger partial charge is 0.173 e. The molecule has 1 fully saturated rings. The van der Waals surface area contributed by atoms with Crippen LogP contribution in [0.1, 0.15) is 30.7 Å². The van der Waals surface area contributed by atoms with Crippen LogP contribution >= 0.6 is 12.2 Å². The van der Waals surface area contributed by atoms with Crippen LogP contribution in [0.2, 0.25) is 0 Å². The van der Waals surface area contributed by atoms with Crippen molar-refractivity contribution in [2.45, 2.75) is 33.1 Å². The van der Waals surface area contributed by atoms with Crippen molar-refractivity contribution in [2.24, 2.45) is 0 Å². The highest BCUT2D eigenvalue weighted by atomic mass is 32.1. The molecule has 0 unspecified atom stereocenters. The largest absolute Gasteiger partial charge is 0.349 e. The zero-order valence-electron chi connectivity index (χ0n) is 12.5. The van der Waals surface area contributed by atoms with Crippen molar-refractivity contribution < 1.29 is 0 Å². The Morgan fingerprint density at radius 2 is 1.71 bits per heavy atom. The van der Waals surface area contributed by atoms with Gasteiger partial charge in [-0.2, -0.15) is 0 Å². The molecular weight excluding hydrogens is 280 g/mol. The molecule has 0 spiro atoms. The lowest BCUT2D eigenvalue weighted by Crippen LogP contribution is -2.38. The Morgan fingerprint density at radius 1 is 1.05 bits per heavy atom. The lowest BCUT2D eigenvalue weighted by Gasteiger charge is -2.29. The van der Waals surface area contributed by atoms with Crippen LogP contribution < -0.4 is 5.32 Å². The number of thiocarbonyl (C=S) groups is 1. The van der Waals surface area contributed by atoms with Gasteiger partial charge >= 0.3 is 0 Å². The van der Waals surface area contributed by atoms with Crippen LogP contribution in [0.3, 0.4) is 0 Å². The van der Waals surface area contributed by atoms with Crippen molar-refractivity contribution in [3.63, 3.8) is 0 Å². The first kappa shape index (κ1) is 14.2. The van der Waals surface area contributed by atoms with Gasteiger partial charge in [0, 0.05) is 18.8 Å². The molecule has 0 amide bonds. The maximum Gasteiger partial charge on any atom is 0.173 e. The molecule has 1 aromatic carbocycles. The van der Waals surface area contributed by atoms with Crippen LogP contribution in [0.25, 0.3) is 11.0 Å². The average molecular weight is 300 g/mol. The first-order valence-electron chi connectivity index (χ1n) is 7.44. The van der Waals surface area contributed by atoms with Gasteiger partial charge in [-0.05, 0) is 63.5 Å². The summed E-state index contributed by atoms with van der Waals surface area (Å²) in [7, 11) is 0. The number of aromatic nitrogens is 2. The zero-order chi connectivity index (χ0) is 14.8. The van der Waals surface area contributed by atoms with Gasteiger partial charge in [-0.15, -0.1) is 0 Å². The van der Waals surface area contributed by atoms with E-state index < -0.39 is 0 Å². The minimum Gasteiger partial charge on any atom is -0.349 e. The fraction of sp³-hybridized carbons (Fsp3) is 0.438. The molecule has 0 atom stereocenters. The third-order valence-corrected chi connectivity index (χ3v) is 4.33. The fourth-order valence-electron chi connectivity index (χ4n) is 2.61. The van der Waals surface area contributed by atoms with E-state index in [1.54, 1.807) is 0 Å². The van der Waals surface area contributed by atoms with Gasteiger partial charge in [0.15, 0.2) is 5.11 Å². The lowest BCUT2D eigenvalue weighted by atomic mass is 10.1. The minimum absolute atomic E-state index is 0.811. The predicted octanol–water partition coefficient (Wildman–Crippen LogP) is 3.43. The highest BCUT2D eigenvalue weighted by Crippen LogP contribution is 2.19. The van der Waals surface area contributed by atoms with Crippen molar-refractivity contribution in [1.82, 2.24) is 14.9 Å². The Hall–Kier alpha value is -1.75. The molecule has 1 saturated heterocycles. The number of fused-ring (bicyclic) bond motifs is 1. The number of nitrogens with one attached hydrogen (secondary N) is 1. The second-order valence-electron chi connectivity index (χ2n) is 5.58. The molecule has 1 aliphatic heterocycles. The van der Waals surface area contributed by atoms with Crippen molar-refractivity contribution in [2.75, 3.05) is 18.4 Å². The fourth-order valence-corrected chi connectivity index (χ4v) is 2.91. The Bertz CT molecular complexity index is 677. The number of hydrogen-bond acceptors (Lipinski definition) is 3. The molecular formula is C16H20N4S. The summed E-state index contributed by atoms with van der Waals surface area (Å²) in [5.74, 6) is 0. The van der Waals surface area contributed by atoms with E-state index in [1.165, 1.54) is 19.3 Å². The zero-order valence-corrected chi connectivity index (χ0v) is 13.3. The van der Waals surface area contributed by atoms with Gasteiger partial charge in [0.2, 0.25) is 0 Å². The number of likely N-dealkylation sites (tertiary alicyclic amines) is 1. The third kappa shape index (κ3) is 3.13. The second-order valence-corrected chi connectivity index (χ2v) is 5.96. The Labute approximate surface area is 130 Å². The van der Waals surface area contributed by atoms with Crippen LogP contribution in [0.5, 0.6) is 0 Å². The Balaban J connectivity index is 1.80. The topological polar surface area (TPSA) is 41.1 Å². The van der Waals surface area contributed by atoms with Gasteiger partial charge < -0.3 is 10.2 Å². The lowest BCUT2D eigenvalue weighted by molar-refractivity contribution is 0.346. The number of aryl methyl sites for hydroxylation is 2. The molecule has 21 heavy (non-hydrogen) atoms. The highest BCUT2D eigenvalue weighted by Gasteiger charge is 2.13. The van der Waals surface area contributed by atoms with Gasteiger partial charge in [-0.1, -0.05) is 0 Å². The maximum absolute atomic E-state index is 5.50. The van der Waals surface area contributed by atoms with Crippen molar-refractivity contribution in [3.05, 3.63) is 29.6 Å². The van der Waals surface area contributed by atoms with Gasteiger partial charge in [0.1, 0.15) is 0 Å². The first-order chi connectivity index (χ1) is 10.1. The summed E-state index contributed by atoms with van der Waals surface area (Å²) in [5.41, 5.74) is 4.76. The highest BCUT2D eigenvalue weighted by molar-refractivity contribution is 7.80. The summed E-state index contributed by atoms with van der Waals surface area (Å²) in [5, 5.41) is 4.14. The molecule has 0 saturated carbocycles. The maximum atomic E-state index is 5.50. The molecule has 0 bridgehead atoms. The van der Waals surface area contributed by atoms with E-state index in [0.717, 1.165) is 46.3 Å². The van der Waals surface area contributed by atoms with E-state index in [1.807, 2.05) is 32.0 Å². The van der Waals surface area contributed by atoms with E-state index >= 15 is 0 Å². The van der Waals surface area contributed by atoms with E-state index in [9.17, 15) is 0 Å². The first-order valence-corrected chi connectivity index (χ1v) is 7.85. The van der Waals surface area contributed by atoms with Crippen LogP contribution in [-0.4, -0.2) is 33.1 Å². The quantitative estimate of drug-likeness (QED) is 0.817. The molecule has 110 valence electrons. The number of rotatable bonds is 1. The second kappa shape index (κ2) is 5.93. The summed E-state index contributed by atoms with van der Waals surface area (Å²) in [6.07, 6.45) is 3.76. The van der Waals surface area contributed by atoms with Gasteiger partial charge in [-0.25, -0.2) is 9.97 Å². The predicted molar refractivity (Wildman–Crippen MR) is 90.7 cm³/mol. The normalized spacial score (nSPS) is 15.2. The number of benzene rings is 1. The summed E-state index contributed by atoms with van der Waals surface area (Å²) in [6.45, 7) is 6.08. The SMILES string of the molecule is Cc1nc2ccc(NC(=S)N3CCCCC3)cc2nc1C. The summed E-state index contributed by atoms with van der Waals surface area (Å²) in [4.78, 5) is 11.4. The molecule has 4 nitrogen and oxygen atoms in total. The standard InChI is InChI=1S/C16H20N4S/c1-11-12(2)18-15-10-13(6-7-14(15)17-11)19-16(21)20-8-4-3-5-9-20/h6-7,10H,3-5,8-9H2,1-2H3,(H,19,21). The van der Waals surface area contributed by atoms with Crippen LogP contribution in [0.15, 0.2) is 18.2 Å².